The van der Waals surface area contributed by atoms with Crippen molar-refractivity contribution in [2.75, 3.05) is 45.4 Å². The second-order valence-electron chi connectivity index (χ2n) is 10.9. The minimum absolute atomic E-state index is 0.00582. The number of amides is 2. The molecule has 0 radical (unpaired) electrons. The number of piperidine rings is 1. The molecule has 43 heavy (non-hydrogen) atoms. The molecule has 1 saturated heterocycles. The number of imide groups is 1. The average Bonchev–Trinajstić information content (AvgIpc) is 3.70. The van der Waals surface area contributed by atoms with E-state index in [0.29, 0.717) is 50.9 Å². The summed E-state index contributed by atoms with van der Waals surface area (Å²) in [5.41, 5.74) is 2.45. The molecular weight excluding hydrogens is 556 g/mol. The number of anilines is 1. The quantitative estimate of drug-likeness (QED) is 0.225. The van der Waals surface area contributed by atoms with Gasteiger partial charge in [0.05, 0.1) is 27.8 Å². The number of H-pyrrole nitrogens is 1. The summed E-state index contributed by atoms with van der Waals surface area (Å²) in [4.78, 5) is 42.0. The van der Waals surface area contributed by atoms with Gasteiger partial charge in [-0.05, 0) is 63.3 Å². The number of aliphatic hydroxyl groups is 1. The Morgan fingerprint density at radius 3 is 2.67 bits per heavy atom. The molecule has 222 valence electrons. The van der Waals surface area contributed by atoms with Crippen LogP contribution in [0, 0.1) is 0 Å². The van der Waals surface area contributed by atoms with Crippen LogP contribution in [0.3, 0.4) is 0 Å². The van der Waals surface area contributed by atoms with Crippen LogP contribution in [0.15, 0.2) is 42.6 Å². The lowest BCUT2D eigenvalue weighted by molar-refractivity contribution is 0.0516. The van der Waals surface area contributed by atoms with E-state index in [2.05, 4.69) is 25.2 Å². The van der Waals surface area contributed by atoms with E-state index in [9.17, 15) is 19.8 Å². The van der Waals surface area contributed by atoms with Crippen molar-refractivity contribution >= 4 is 28.5 Å². The largest absolute Gasteiger partial charge is 0.493 e. The minimum atomic E-state index is -0.892. The Bertz CT molecular complexity index is 1680. The molecule has 4 N–H and O–H groups in total. The van der Waals surface area contributed by atoms with Crippen LogP contribution in [0.2, 0.25) is 0 Å². The van der Waals surface area contributed by atoms with Gasteiger partial charge in [-0.2, -0.15) is 0 Å². The molecule has 7 rings (SSSR count). The third-order valence-corrected chi connectivity index (χ3v) is 8.06. The van der Waals surface area contributed by atoms with Crippen molar-refractivity contribution in [3.05, 3.63) is 53.7 Å². The number of aromatic nitrogens is 3. The van der Waals surface area contributed by atoms with E-state index in [4.69, 9.17) is 14.2 Å². The fourth-order valence-corrected chi connectivity index (χ4v) is 5.74. The number of hydrogen-bond donors (Lipinski definition) is 4. The van der Waals surface area contributed by atoms with Gasteiger partial charge >= 0.3 is 0 Å². The number of aliphatic hydroxyl groups excluding tert-OH is 1. The predicted molar refractivity (Wildman–Crippen MR) is 155 cm³/mol. The Morgan fingerprint density at radius 2 is 1.86 bits per heavy atom. The number of pyridine rings is 1. The molecule has 13 heteroatoms. The van der Waals surface area contributed by atoms with Gasteiger partial charge in [-0.15, -0.1) is 0 Å². The van der Waals surface area contributed by atoms with Crippen molar-refractivity contribution in [2.45, 2.75) is 25.0 Å². The van der Waals surface area contributed by atoms with Gasteiger partial charge in [0.1, 0.15) is 29.8 Å². The van der Waals surface area contributed by atoms with Gasteiger partial charge in [-0.1, -0.05) is 0 Å². The second-order valence-corrected chi connectivity index (χ2v) is 10.9. The Balaban J connectivity index is 1.07. The third-order valence-electron chi connectivity index (χ3n) is 8.06. The zero-order chi connectivity index (χ0) is 29.7. The number of likely N-dealkylation sites (tertiary alicyclic amines) is 1. The number of carbonyl (C=O) groups is 2. The van der Waals surface area contributed by atoms with Crippen LogP contribution < -0.4 is 19.5 Å². The summed E-state index contributed by atoms with van der Waals surface area (Å²) in [6, 6.07) is 9.98. The summed E-state index contributed by atoms with van der Waals surface area (Å²) in [7, 11) is 2.03. The van der Waals surface area contributed by atoms with Gasteiger partial charge in [-0.25, -0.2) is 9.97 Å². The van der Waals surface area contributed by atoms with Gasteiger partial charge in [0.15, 0.2) is 11.5 Å². The fraction of sp³-hybridized carbons (Fsp3) is 0.333. The standard InChI is InChI=1S/C30H30N6O7/c1-35-8-5-16(6-9-35)36-29(39)19-11-22-23(12-20(19)30(36)40)34-27(33-22)26-21(4-7-31-28(26)38)32-13-17(37)14-41-18-2-3-24-25(10-18)43-15-42-24/h2-4,7,10-12,16-17,37H,5-6,8-9,13-15H2,1H3,(H,33,34)(H2,31,32,38)/t17-/m1/s1. The Hall–Kier alpha value is -4.88. The molecule has 3 aliphatic heterocycles. The molecule has 2 amide bonds. The number of nitrogens with one attached hydrogen (secondary N) is 2. The molecule has 1 fully saturated rings. The number of fused-ring (bicyclic) bond motifs is 3. The molecule has 0 saturated carbocycles. The fourth-order valence-electron chi connectivity index (χ4n) is 5.74. The molecule has 0 unspecified atom stereocenters. The molecular formula is C30H30N6O7. The average molecular weight is 587 g/mol. The highest BCUT2D eigenvalue weighted by Crippen LogP contribution is 2.37. The SMILES string of the molecule is CN1CCC(N2C(=O)c3cc4nc(-c5c(NC[C@@H](O)COc6ccc7c(c6)OCO7)ccnc5O)[nH]c4cc3C2=O)CC1. The molecule has 1 atom stereocenters. The van der Waals surface area contributed by atoms with Gasteiger partial charge < -0.3 is 39.6 Å². The molecule has 13 nitrogen and oxygen atoms in total. The maximum atomic E-state index is 13.3. The number of benzene rings is 2. The Labute approximate surface area is 246 Å². The number of aromatic amines is 1. The molecule has 2 aromatic heterocycles. The van der Waals surface area contributed by atoms with E-state index in [-0.39, 0.29) is 49.2 Å². The third kappa shape index (κ3) is 4.96. The number of aromatic hydroxyl groups is 1. The number of ether oxygens (including phenoxy) is 3. The van der Waals surface area contributed by atoms with Gasteiger partial charge in [0, 0.05) is 24.8 Å². The van der Waals surface area contributed by atoms with Crippen molar-refractivity contribution in [3.8, 4) is 34.5 Å². The maximum Gasteiger partial charge on any atom is 0.261 e. The minimum Gasteiger partial charge on any atom is -0.493 e. The van der Waals surface area contributed by atoms with Crippen molar-refractivity contribution in [2.24, 2.45) is 0 Å². The number of imidazole rings is 1. The second kappa shape index (κ2) is 10.7. The molecule has 0 bridgehead atoms. The highest BCUT2D eigenvalue weighted by atomic mass is 16.7. The number of rotatable bonds is 8. The van der Waals surface area contributed by atoms with Crippen LogP contribution in [0.5, 0.6) is 23.1 Å². The highest BCUT2D eigenvalue weighted by molar-refractivity contribution is 6.23. The van der Waals surface area contributed by atoms with E-state index in [1.807, 2.05) is 7.05 Å². The number of hydrogen-bond acceptors (Lipinski definition) is 11. The van der Waals surface area contributed by atoms with Crippen molar-refractivity contribution in [1.82, 2.24) is 24.8 Å². The summed E-state index contributed by atoms with van der Waals surface area (Å²) < 4.78 is 16.4. The monoisotopic (exact) mass is 586 g/mol. The molecule has 4 aromatic rings. The predicted octanol–water partition coefficient (Wildman–Crippen LogP) is 2.60. The van der Waals surface area contributed by atoms with Crippen LogP contribution in [-0.2, 0) is 0 Å². The lowest BCUT2D eigenvalue weighted by Gasteiger charge is -2.33. The lowest BCUT2D eigenvalue weighted by Crippen LogP contribution is -2.46. The van der Waals surface area contributed by atoms with Crippen molar-refractivity contribution in [3.63, 3.8) is 0 Å². The van der Waals surface area contributed by atoms with E-state index in [0.717, 1.165) is 25.9 Å². The summed E-state index contributed by atoms with van der Waals surface area (Å²) >= 11 is 0. The van der Waals surface area contributed by atoms with Crippen LogP contribution in [-0.4, -0.2) is 99.0 Å². The Morgan fingerprint density at radius 1 is 1.09 bits per heavy atom. The van der Waals surface area contributed by atoms with Gasteiger partial charge in [-0.3, -0.25) is 14.5 Å². The van der Waals surface area contributed by atoms with Crippen LogP contribution in [0.1, 0.15) is 33.6 Å². The number of carbonyl (C=O) groups excluding carboxylic acids is 2. The first-order chi connectivity index (χ1) is 20.9. The van der Waals surface area contributed by atoms with Gasteiger partial charge in [0.2, 0.25) is 12.7 Å². The summed E-state index contributed by atoms with van der Waals surface area (Å²) in [6.45, 7) is 1.93. The van der Waals surface area contributed by atoms with Gasteiger partial charge in [0.25, 0.3) is 11.8 Å². The first kappa shape index (κ1) is 27.0. The first-order valence-corrected chi connectivity index (χ1v) is 14.1. The summed E-state index contributed by atoms with van der Waals surface area (Å²) in [5, 5.41) is 24.4. The lowest BCUT2D eigenvalue weighted by atomic mass is 10.0. The molecule has 5 heterocycles. The summed E-state index contributed by atoms with van der Waals surface area (Å²) in [6.07, 6.45) is 2.04. The van der Waals surface area contributed by atoms with Crippen LogP contribution >= 0.6 is 0 Å². The van der Waals surface area contributed by atoms with E-state index in [1.54, 1.807) is 36.4 Å². The molecule has 2 aromatic carbocycles. The molecule has 3 aliphatic rings. The van der Waals surface area contributed by atoms with Crippen molar-refractivity contribution < 1.29 is 34.0 Å². The highest BCUT2D eigenvalue weighted by Gasteiger charge is 2.41. The van der Waals surface area contributed by atoms with Crippen LogP contribution in [0.25, 0.3) is 22.4 Å². The zero-order valence-electron chi connectivity index (χ0n) is 23.4. The topological polar surface area (TPSA) is 162 Å². The van der Waals surface area contributed by atoms with Crippen molar-refractivity contribution in [1.29, 1.82) is 0 Å². The van der Waals surface area contributed by atoms with E-state index in [1.165, 1.54) is 11.1 Å². The van der Waals surface area contributed by atoms with E-state index < -0.39 is 6.10 Å². The maximum absolute atomic E-state index is 13.3. The molecule has 0 spiro atoms. The van der Waals surface area contributed by atoms with E-state index >= 15 is 0 Å². The Kier molecular flexibility index (Phi) is 6.75. The number of nitrogens with zero attached hydrogens (tertiary/aromatic N) is 4. The summed E-state index contributed by atoms with van der Waals surface area (Å²) in [5.74, 6) is 1.18. The smallest absolute Gasteiger partial charge is 0.261 e. The zero-order valence-corrected chi connectivity index (χ0v) is 23.4. The first-order valence-electron chi connectivity index (χ1n) is 14.1. The molecule has 0 aliphatic carbocycles. The normalized spacial score (nSPS) is 17.5. The van der Waals surface area contributed by atoms with Crippen LogP contribution in [0.4, 0.5) is 5.69 Å².